The van der Waals surface area contributed by atoms with Crippen molar-refractivity contribution in [3.63, 3.8) is 0 Å². The van der Waals surface area contributed by atoms with E-state index in [0.29, 0.717) is 23.8 Å². The summed E-state index contributed by atoms with van der Waals surface area (Å²) in [5.74, 6) is 4.88. The molecule has 0 unspecified atom stereocenters. The van der Waals surface area contributed by atoms with Crippen molar-refractivity contribution in [2.24, 2.45) is 5.84 Å². The van der Waals surface area contributed by atoms with E-state index in [9.17, 15) is 22.8 Å². The van der Waals surface area contributed by atoms with Crippen molar-refractivity contribution in [2.45, 2.75) is 33.5 Å². The maximum atomic E-state index is 12.8. The molecule has 6 aromatic rings. The van der Waals surface area contributed by atoms with Gasteiger partial charge in [-0.1, -0.05) is 17.2 Å². The lowest BCUT2D eigenvalue weighted by Crippen LogP contribution is -2.21. The molecule has 0 aliphatic rings. The van der Waals surface area contributed by atoms with Crippen LogP contribution in [0.5, 0.6) is 0 Å². The summed E-state index contributed by atoms with van der Waals surface area (Å²) in [6.07, 6.45) is 11.1. The van der Waals surface area contributed by atoms with Gasteiger partial charge in [0.2, 0.25) is 5.91 Å². The van der Waals surface area contributed by atoms with Crippen LogP contribution in [-0.2, 0) is 22.3 Å². The number of hydrazine groups is 1. The fourth-order valence-electron chi connectivity index (χ4n) is 4.45. The number of carbonyl (C=O) groups is 2. The number of carboxylic acids is 1. The van der Waals surface area contributed by atoms with Gasteiger partial charge in [-0.25, -0.2) is 44.9 Å². The Bertz CT molecular complexity index is 2180. The number of amides is 1. The smallest absolute Gasteiger partial charge is 0.416 e. The number of nitrogens with two attached hydrogens (primary N) is 1. The number of aromatic nitrogens is 10. The number of aliphatic carboxylic acids is 1. The van der Waals surface area contributed by atoms with Gasteiger partial charge in [0.05, 0.1) is 24.0 Å². The number of carbonyl (C=O) groups excluding carboxylic acids is 1. The largest absolute Gasteiger partial charge is 0.478 e. The predicted molar refractivity (Wildman–Crippen MR) is 192 cm³/mol. The van der Waals surface area contributed by atoms with Crippen LogP contribution >= 0.6 is 0 Å². The second-order valence-corrected chi connectivity index (χ2v) is 11.2. The van der Waals surface area contributed by atoms with Gasteiger partial charge < -0.3 is 15.8 Å². The molecule has 0 saturated heterocycles. The van der Waals surface area contributed by atoms with E-state index in [1.54, 1.807) is 50.3 Å². The van der Waals surface area contributed by atoms with E-state index >= 15 is 0 Å². The van der Waals surface area contributed by atoms with Crippen LogP contribution in [0.2, 0.25) is 0 Å². The van der Waals surface area contributed by atoms with Gasteiger partial charge in [-0.3, -0.25) is 9.78 Å². The molecule has 2 aromatic carbocycles. The third-order valence-corrected chi connectivity index (χ3v) is 6.71. The van der Waals surface area contributed by atoms with E-state index in [2.05, 4.69) is 56.9 Å². The number of rotatable bonds is 9. The molecule has 0 radical (unpaired) electrons. The number of benzene rings is 2. The minimum Gasteiger partial charge on any atom is -0.478 e. The number of anilines is 1. The Hall–Kier alpha value is -7.15. The van der Waals surface area contributed by atoms with Gasteiger partial charge in [-0.15, -0.1) is 10.2 Å². The number of hydrogen-bond donors (Lipinski definition) is 4. The van der Waals surface area contributed by atoms with Gasteiger partial charge in [0.15, 0.2) is 17.5 Å². The molecule has 0 aliphatic carbocycles. The minimum atomic E-state index is -4.45. The number of carboxylic acid groups (broad SMARTS) is 1. The first-order valence-electron chi connectivity index (χ1n) is 15.7. The molecule has 0 fully saturated rings. The maximum absolute atomic E-state index is 12.8. The molecule has 0 bridgehead atoms. The van der Waals surface area contributed by atoms with E-state index < -0.39 is 17.7 Å². The van der Waals surface area contributed by atoms with E-state index in [1.807, 2.05) is 26.0 Å². The summed E-state index contributed by atoms with van der Waals surface area (Å²) in [4.78, 5) is 45.8. The number of nitrogen functional groups attached to an aromatic ring is 1. The van der Waals surface area contributed by atoms with Gasteiger partial charge in [0, 0.05) is 54.3 Å². The number of nitrogens with zero attached hydrogens (tertiary/aromatic N) is 10. The van der Waals surface area contributed by atoms with Crippen molar-refractivity contribution < 1.29 is 27.9 Å². The molecule has 5 N–H and O–H groups in total. The third kappa shape index (κ3) is 12.9. The first-order valence-corrected chi connectivity index (χ1v) is 15.7. The topological polar surface area (TPSA) is 217 Å². The molecule has 16 nitrogen and oxygen atoms in total. The van der Waals surface area contributed by atoms with Crippen molar-refractivity contribution >= 4 is 30.1 Å². The highest BCUT2D eigenvalue weighted by molar-refractivity contribution is 5.90. The summed E-state index contributed by atoms with van der Waals surface area (Å²) in [7, 11) is 0. The summed E-state index contributed by atoms with van der Waals surface area (Å²) in [6.45, 7) is 5.96. The molecular weight excluding hydrogens is 707 g/mol. The summed E-state index contributed by atoms with van der Waals surface area (Å²) < 4.78 is 40.9. The van der Waals surface area contributed by atoms with Gasteiger partial charge in [-0.05, 0) is 62.7 Å². The van der Waals surface area contributed by atoms with Crippen LogP contribution in [0.1, 0.15) is 27.9 Å². The highest BCUT2D eigenvalue weighted by Crippen LogP contribution is 2.32. The van der Waals surface area contributed by atoms with Gasteiger partial charge >= 0.3 is 12.1 Å². The van der Waals surface area contributed by atoms with Crippen LogP contribution in [0.15, 0.2) is 98.4 Å². The van der Waals surface area contributed by atoms with E-state index in [-0.39, 0.29) is 17.3 Å². The fourth-order valence-corrected chi connectivity index (χ4v) is 4.45. The molecule has 0 saturated carbocycles. The quantitative estimate of drug-likeness (QED) is 0.0897. The molecule has 19 heteroatoms. The Labute approximate surface area is 306 Å². The third-order valence-electron chi connectivity index (χ3n) is 6.71. The molecule has 54 heavy (non-hydrogen) atoms. The Morgan fingerprint density at radius 1 is 0.796 bits per heavy atom. The summed E-state index contributed by atoms with van der Waals surface area (Å²) >= 11 is 0. The van der Waals surface area contributed by atoms with Gasteiger partial charge in [0.1, 0.15) is 19.0 Å². The predicted octanol–water partition coefficient (Wildman–Crippen LogP) is 4.73. The second kappa shape index (κ2) is 18.9. The van der Waals surface area contributed by atoms with E-state index in [0.717, 1.165) is 51.5 Å². The van der Waals surface area contributed by atoms with Crippen molar-refractivity contribution in [2.75, 3.05) is 5.43 Å². The molecule has 1 amide bonds. The molecule has 6 rings (SSSR count). The zero-order valence-electron chi connectivity index (χ0n) is 29.0. The lowest BCUT2D eigenvalue weighted by Gasteiger charge is -2.09. The highest BCUT2D eigenvalue weighted by atomic mass is 19.4. The second-order valence-electron chi connectivity index (χ2n) is 11.2. The van der Waals surface area contributed by atoms with Crippen LogP contribution in [0, 0.1) is 20.8 Å². The normalized spacial score (nSPS) is 11.0. The maximum Gasteiger partial charge on any atom is 0.416 e. The van der Waals surface area contributed by atoms with Gasteiger partial charge in [-0.2, -0.15) is 13.2 Å². The van der Waals surface area contributed by atoms with E-state index in [1.165, 1.54) is 29.5 Å². The molecular formula is C35H34F3N13O3. The Kier molecular flexibility index (Phi) is 13.9. The average Bonchev–Trinajstić information content (AvgIpc) is 3.83. The molecule has 0 atom stereocenters. The zero-order chi connectivity index (χ0) is 39.1. The lowest BCUT2D eigenvalue weighted by atomic mass is 10.1. The standard InChI is InChI=1S/C18H18N6O.C13H10F3N3O2.C4H6N4/c1-13-7-14(2)9-15(8-13)18-22-12-24(23-18)6-4-17(25)20-10-16-3-5-19-11-21-16;1-8-4-9(6-10(5-8)13(14,15)16)12-17-7-19(18-12)3-2-11(20)21;5-8-4-3-6-1-2-7-4/h3-9,11-12H,10H2,1-2H3,(H,20,25);2-7H,1H3,(H,20,21);1-3H,5H2,(H,7,8)/b6-4-;3-2-;. The summed E-state index contributed by atoms with van der Waals surface area (Å²) in [5, 5.41) is 19.5. The van der Waals surface area contributed by atoms with Crippen molar-refractivity contribution in [3.8, 4) is 22.8 Å². The molecule has 0 spiro atoms. The number of nitrogens with one attached hydrogen (secondary N) is 2. The van der Waals surface area contributed by atoms with Crippen LogP contribution < -0.4 is 16.6 Å². The molecule has 0 aliphatic heterocycles. The van der Waals surface area contributed by atoms with Crippen molar-refractivity contribution in [1.82, 2.24) is 54.8 Å². The first-order chi connectivity index (χ1) is 25.8. The number of alkyl halides is 3. The van der Waals surface area contributed by atoms with Crippen LogP contribution in [-0.4, -0.2) is 66.4 Å². The Morgan fingerprint density at radius 2 is 1.41 bits per heavy atom. The number of hydrogen-bond acceptors (Lipinski definition) is 12. The first kappa shape index (κ1) is 39.6. The van der Waals surface area contributed by atoms with Crippen LogP contribution in [0.25, 0.3) is 35.2 Å². The average molecular weight is 742 g/mol. The number of halogens is 3. The summed E-state index contributed by atoms with van der Waals surface area (Å²) in [6, 6.07) is 11.4. The summed E-state index contributed by atoms with van der Waals surface area (Å²) in [5.41, 5.74) is 6.23. The van der Waals surface area contributed by atoms with Crippen LogP contribution in [0.3, 0.4) is 0 Å². The zero-order valence-corrected chi connectivity index (χ0v) is 29.0. The Morgan fingerprint density at radius 3 is 1.93 bits per heavy atom. The van der Waals surface area contributed by atoms with Gasteiger partial charge in [0.25, 0.3) is 0 Å². The highest BCUT2D eigenvalue weighted by Gasteiger charge is 2.31. The Balaban J connectivity index is 0.000000202. The van der Waals surface area contributed by atoms with Crippen molar-refractivity contribution in [1.29, 1.82) is 0 Å². The SMILES string of the molecule is Cc1cc(-c2ncn(/C=C\C(=O)O)n2)cc(C(F)(F)F)c1.Cc1cc(C)cc(-c2ncn(/C=C\C(=O)NCc3ccncn3)n2)c1.NNc1cnccn1. The lowest BCUT2D eigenvalue weighted by molar-refractivity contribution is -0.137. The number of aryl methyl sites for hydroxylation is 3. The molecule has 278 valence electrons. The molecule has 4 heterocycles. The van der Waals surface area contributed by atoms with E-state index in [4.69, 9.17) is 10.9 Å². The monoisotopic (exact) mass is 741 g/mol. The molecule has 4 aromatic heterocycles. The van der Waals surface area contributed by atoms with Crippen molar-refractivity contribution in [3.05, 3.63) is 126 Å². The van der Waals surface area contributed by atoms with Crippen LogP contribution in [0.4, 0.5) is 19.0 Å². The minimum absolute atomic E-state index is 0.0826. The fraction of sp³-hybridized carbons (Fsp3) is 0.143.